The van der Waals surface area contributed by atoms with E-state index in [4.69, 9.17) is 14.2 Å². The minimum Gasteiger partial charge on any atom is -0.443 e. The van der Waals surface area contributed by atoms with Crippen LogP contribution in [-0.4, -0.2) is 38.2 Å². The molecule has 23 heavy (non-hydrogen) atoms. The third-order valence-corrected chi connectivity index (χ3v) is 3.74. The van der Waals surface area contributed by atoms with Crippen LogP contribution in [0.15, 0.2) is 24.3 Å². The van der Waals surface area contributed by atoms with E-state index in [-0.39, 0.29) is 18.3 Å². The number of nitrogens with zero attached hydrogens (tertiary/aromatic N) is 1. The molecule has 0 spiro atoms. The SMILES string of the molecule is COC(C)OCC1Cc2ccccc2N(C(=O)OC(C)(C)C)C1. The van der Waals surface area contributed by atoms with Crippen LogP contribution in [-0.2, 0) is 20.6 Å². The Kier molecular flexibility index (Phi) is 5.65. The topological polar surface area (TPSA) is 48.0 Å². The van der Waals surface area contributed by atoms with E-state index in [1.165, 1.54) is 0 Å². The number of fused-ring (bicyclic) bond motifs is 1. The Morgan fingerprint density at radius 2 is 2.04 bits per heavy atom. The number of hydrogen-bond donors (Lipinski definition) is 0. The predicted octanol–water partition coefficient (Wildman–Crippen LogP) is 3.61. The van der Waals surface area contributed by atoms with Crippen LogP contribution in [0.25, 0.3) is 0 Å². The predicted molar refractivity (Wildman–Crippen MR) is 89.6 cm³/mol. The molecule has 0 aliphatic carbocycles. The first-order valence-corrected chi connectivity index (χ1v) is 8.03. The number of methoxy groups -OCH3 is 1. The van der Waals surface area contributed by atoms with Gasteiger partial charge in [0.15, 0.2) is 6.29 Å². The molecule has 1 heterocycles. The van der Waals surface area contributed by atoms with Crippen LogP contribution >= 0.6 is 0 Å². The van der Waals surface area contributed by atoms with E-state index in [2.05, 4.69) is 6.07 Å². The van der Waals surface area contributed by atoms with Gasteiger partial charge in [0.25, 0.3) is 0 Å². The molecule has 0 bridgehead atoms. The summed E-state index contributed by atoms with van der Waals surface area (Å²) in [7, 11) is 1.62. The van der Waals surface area contributed by atoms with Gasteiger partial charge >= 0.3 is 6.09 Å². The first-order valence-electron chi connectivity index (χ1n) is 8.03. The van der Waals surface area contributed by atoms with Gasteiger partial charge in [0.2, 0.25) is 0 Å². The lowest BCUT2D eigenvalue weighted by Crippen LogP contribution is -2.44. The van der Waals surface area contributed by atoms with Gasteiger partial charge in [-0.15, -0.1) is 0 Å². The second kappa shape index (κ2) is 7.32. The Labute approximate surface area is 138 Å². The van der Waals surface area contributed by atoms with Gasteiger partial charge in [0.05, 0.1) is 12.3 Å². The second-order valence-corrected chi connectivity index (χ2v) is 6.93. The number of ether oxygens (including phenoxy) is 3. The van der Waals surface area contributed by atoms with Crippen LogP contribution in [0.4, 0.5) is 10.5 Å². The largest absolute Gasteiger partial charge is 0.443 e. The molecular weight excluding hydrogens is 294 g/mol. The van der Waals surface area contributed by atoms with E-state index in [1.54, 1.807) is 12.0 Å². The summed E-state index contributed by atoms with van der Waals surface area (Å²) in [5.41, 5.74) is 1.56. The zero-order valence-corrected chi connectivity index (χ0v) is 14.7. The fraction of sp³-hybridized carbons (Fsp3) is 0.611. The molecule has 128 valence electrons. The lowest BCUT2D eigenvalue weighted by Gasteiger charge is -2.35. The van der Waals surface area contributed by atoms with E-state index in [0.717, 1.165) is 17.7 Å². The third-order valence-electron chi connectivity index (χ3n) is 3.74. The van der Waals surface area contributed by atoms with Crippen molar-refractivity contribution in [1.82, 2.24) is 0 Å². The highest BCUT2D eigenvalue weighted by Crippen LogP contribution is 2.31. The first kappa shape index (κ1) is 17.8. The number of carbonyl (C=O) groups excluding carboxylic acids is 1. The highest BCUT2D eigenvalue weighted by Gasteiger charge is 2.31. The Morgan fingerprint density at radius 1 is 1.35 bits per heavy atom. The van der Waals surface area contributed by atoms with E-state index >= 15 is 0 Å². The summed E-state index contributed by atoms with van der Waals surface area (Å²) >= 11 is 0. The van der Waals surface area contributed by atoms with Gasteiger partial charge in [-0.2, -0.15) is 0 Å². The van der Waals surface area contributed by atoms with Crippen molar-refractivity contribution in [2.45, 2.75) is 46.0 Å². The number of benzene rings is 1. The molecule has 2 atom stereocenters. The van der Waals surface area contributed by atoms with E-state index in [9.17, 15) is 4.79 Å². The van der Waals surface area contributed by atoms with Crippen molar-refractivity contribution in [2.75, 3.05) is 25.2 Å². The molecule has 5 nitrogen and oxygen atoms in total. The molecule has 2 rings (SSSR count). The minimum absolute atomic E-state index is 0.218. The van der Waals surface area contributed by atoms with Crippen molar-refractivity contribution in [3.8, 4) is 0 Å². The molecule has 0 saturated heterocycles. The van der Waals surface area contributed by atoms with Crippen molar-refractivity contribution < 1.29 is 19.0 Å². The highest BCUT2D eigenvalue weighted by atomic mass is 16.7. The van der Waals surface area contributed by atoms with E-state index < -0.39 is 5.60 Å². The normalized spacial score (nSPS) is 19.2. The summed E-state index contributed by atoms with van der Waals surface area (Å²) in [6, 6.07) is 7.96. The summed E-state index contributed by atoms with van der Waals surface area (Å²) in [4.78, 5) is 14.3. The third kappa shape index (κ3) is 4.94. The van der Waals surface area contributed by atoms with Crippen LogP contribution in [0.1, 0.15) is 33.3 Å². The maximum absolute atomic E-state index is 12.6. The Morgan fingerprint density at radius 3 is 2.70 bits per heavy atom. The van der Waals surface area contributed by atoms with Gasteiger partial charge in [-0.1, -0.05) is 18.2 Å². The number of para-hydroxylation sites is 1. The molecule has 0 radical (unpaired) electrons. The Hall–Kier alpha value is -1.59. The quantitative estimate of drug-likeness (QED) is 0.795. The molecule has 1 aliphatic rings. The molecule has 5 heteroatoms. The molecular formula is C18H27NO4. The molecule has 0 aromatic heterocycles. The Balaban J connectivity index is 2.14. The highest BCUT2D eigenvalue weighted by molar-refractivity contribution is 5.89. The summed E-state index contributed by atoms with van der Waals surface area (Å²) in [6.07, 6.45) is 0.322. The number of hydrogen-bond acceptors (Lipinski definition) is 4. The minimum atomic E-state index is -0.514. The van der Waals surface area contributed by atoms with Gasteiger partial charge in [0.1, 0.15) is 5.60 Å². The summed E-state index contributed by atoms with van der Waals surface area (Å²) in [5.74, 6) is 0.218. The van der Waals surface area contributed by atoms with Crippen LogP contribution in [0.2, 0.25) is 0 Å². The fourth-order valence-electron chi connectivity index (χ4n) is 2.62. The van der Waals surface area contributed by atoms with Crippen LogP contribution in [0.3, 0.4) is 0 Å². The van der Waals surface area contributed by atoms with Crippen LogP contribution in [0.5, 0.6) is 0 Å². The van der Waals surface area contributed by atoms with Crippen molar-refractivity contribution in [2.24, 2.45) is 5.92 Å². The van der Waals surface area contributed by atoms with E-state index in [1.807, 2.05) is 45.9 Å². The monoisotopic (exact) mass is 321 g/mol. The summed E-state index contributed by atoms with van der Waals surface area (Å²) in [6.45, 7) is 8.62. The maximum Gasteiger partial charge on any atom is 0.414 e. The number of anilines is 1. The zero-order valence-electron chi connectivity index (χ0n) is 14.7. The summed E-state index contributed by atoms with van der Waals surface area (Å²) in [5, 5.41) is 0. The number of rotatable bonds is 4. The molecule has 0 fully saturated rings. The van der Waals surface area contributed by atoms with Crippen molar-refractivity contribution in [3.05, 3.63) is 29.8 Å². The van der Waals surface area contributed by atoms with Crippen molar-refractivity contribution >= 4 is 11.8 Å². The van der Waals surface area contributed by atoms with Gasteiger partial charge in [-0.3, -0.25) is 4.90 Å². The molecule has 1 aromatic carbocycles. The molecule has 1 aliphatic heterocycles. The first-order chi connectivity index (χ1) is 10.8. The van der Waals surface area contributed by atoms with Gasteiger partial charge in [-0.05, 0) is 45.7 Å². The zero-order chi connectivity index (χ0) is 17.0. The average molecular weight is 321 g/mol. The standard InChI is InChI=1S/C18H27NO4/c1-13(21-5)22-12-14-10-15-8-6-7-9-16(15)19(11-14)17(20)23-18(2,3)4/h6-9,13-14H,10-12H2,1-5H3. The molecule has 1 amide bonds. The molecule has 0 saturated carbocycles. The van der Waals surface area contributed by atoms with E-state index in [0.29, 0.717) is 13.2 Å². The van der Waals surface area contributed by atoms with Crippen LogP contribution in [0, 0.1) is 5.92 Å². The lowest BCUT2D eigenvalue weighted by molar-refractivity contribution is -0.119. The summed E-state index contributed by atoms with van der Waals surface area (Å²) < 4.78 is 16.3. The average Bonchev–Trinajstić information content (AvgIpc) is 2.50. The molecule has 0 N–H and O–H groups in total. The van der Waals surface area contributed by atoms with Crippen molar-refractivity contribution in [1.29, 1.82) is 0 Å². The van der Waals surface area contributed by atoms with Crippen LogP contribution < -0.4 is 4.90 Å². The molecule has 1 aromatic rings. The lowest BCUT2D eigenvalue weighted by atomic mass is 9.93. The van der Waals surface area contributed by atoms with Crippen molar-refractivity contribution in [3.63, 3.8) is 0 Å². The van der Waals surface area contributed by atoms with Gasteiger partial charge in [-0.25, -0.2) is 4.79 Å². The second-order valence-electron chi connectivity index (χ2n) is 6.93. The number of amides is 1. The number of carbonyl (C=O) groups is 1. The maximum atomic E-state index is 12.6. The van der Waals surface area contributed by atoms with Gasteiger partial charge < -0.3 is 14.2 Å². The smallest absolute Gasteiger partial charge is 0.414 e. The Bertz CT molecular complexity index is 538. The van der Waals surface area contributed by atoms with Gasteiger partial charge in [0, 0.05) is 19.6 Å². The molecule has 2 unspecified atom stereocenters. The fourth-order valence-corrected chi connectivity index (χ4v) is 2.62.